The van der Waals surface area contributed by atoms with Gasteiger partial charge in [0.2, 0.25) is 0 Å². The largest absolute Gasteiger partial charge is 0.380 e. The minimum atomic E-state index is 0.282. The molecule has 0 saturated heterocycles. The normalized spacial score (nSPS) is 12.4. The third kappa shape index (κ3) is 4.67. The van der Waals surface area contributed by atoms with E-state index >= 15 is 0 Å². The summed E-state index contributed by atoms with van der Waals surface area (Å²) in [4.78, 5) is 2.13. The van der Waals surface area contributed by atoms with E-state index in [0.29, 0.717) is 0 Å². The van der Waals surface area contributed by atoms with Crippen molar-refractivity contribution in [1.29, 1.82) is 0 Å². The molecule has 0 amide bonds. The molecule has 1 aromatic rings. The quantitative estimate of drug-likeness (QED) is 0.768. The standard InChI is InChI=1S/C15H26N2O/c1-5-10-16-15(12-18-6-2)13-8-7-9-14(11-13)17(3)4/h7-9,11,15-16H,5-6,10,12H2,1-4H3. The monoisotopic (exact) mass is 250 g/mol. The first kappa shape index (κ1) is 15.0. The lowest BCUT2D eigenvalue weighted by atomic mass is 10.1. The molecule has 0 aromatic heterocycles. The second-order valence-electron chi connectivity index (χ2n) is 4.66. The van der Waals surface area contributed by atoms with Gasteiger partial charge in [0, 0.05) is 26.4 Å². The summed E-state index contributed by atoms with van der Waals surface area (Å²) < 4.78 is 5.57. The minimum Gasteiger partial charge on any atom is -0.380 e. The summed E-state index contributed by atoms with van der Waals surface area (Å²) in [5, 5.41) is 3.54. The lowest BCUT2D eigenvalue weighted by Crippen LogP contribution is -2.26. The molecule has 18 heavy (non-hydrogen) atoms. The van der Waals surface area contributed by atoms with Gasteiger partial charge in [0.1, 0.15) is 0 Å². The van der Waals surface area contributed by atoms with Crippen molar-refractivity contribution >= 4 is 5.69 Å². The third-order valence-corrected chi connectivity index (χ3v) is 2.92. The van der Waals surface area contributed by atoms with Gasteiger partial charge in [-0.05, 0) is 37.6 Å². The predicted molar refractivity (Wildman–Crippen MR) is 78.3 cm³/mol. The van der Waals surface area contributed by atoms with E-state index in [0.717, 1.165) is 26.2 Å². The van der Waals surface area contributed by atoms with Gasteiger partial charge in [-0.3, -0.25) is 0 Å². The number of rotatable bonds is 8. The molecule has 3 nitrogen and oxygen atoms in total. The van der Waals surface area contributed by atoms with Crippen LogP contribution in [-0.4, -0.2) is 33.9 Å². The number of nitrogens with zero attached hydrogens (tertiary/aromatic N) is 1. The Labute approximate surface area is 111 Å². The first-order valence-corrected chi connectivity index (χ1v) is 6.77. The highest BCUT2D eigenvalue weighted by Crippen LogP contribution is 2.19. The van der Waals surface area contributed by atoms with Crippen LogP contribution in [0.4, 0.5) is 5.69 Å². The van der Waals surface area contributed by atoms with Gasteiger partial charge in [-0.15, -0.1) is 0 Å². The Hall–Kier alpha value is -1.06. The molecule has 1 N–H and O–H groups in total. The molecule has 0 saturated carbocycles. The van der Waals surface area contributed by atoms with Gasteiger partial charge in [-0.25, -0.2) is 0 Å². The van der Waals surface area contributed by atoms with E-state index in [1.54, 1.807) is 0 Å². The lowest BCUT2D eigenvalue weighted by molar-refractivity contribution is 0.123. The number of nitrogens with one attached hydrogen (secondary N) is 1. The minimum absolute atomic E-state index is 0.282. The summed E-state index contributed by atoms with van der Waals surface area (Å²) in [6.45, 7) is 6.73. The van der Waals surface area contributed by atoms with E-state index < -0.39 is 0 Å². The molecule has 1 aromatic carbocycles. The second kappa shape index (κ2) is 8.11. The number of anilines is 1. The van der Waals surface area contributed by atoms with E-state index in [-0.39, 0.29) is 6.04 Å². The Morgan fingerprint density at radius 2 is 2.06 bits per heavy atom. The molecule has 0 aliphatic carbocycles. The van der Waals surface area contributed by atoms with E-state index in [1.165, 1.54) is 11.3 Å². The molecule has 0 bridgehead atoms. The SMILES string of the molecule is CCCNC(COCC)c1cccc(N(C)C)c1. The molecule has 0 fully saturated rings. The first-order chi connectivity index (χ1) is 8.69. The zero-order valence-corrected chi connectivity index (χ0v) is 12.1. The van der Waals surface area contributed by atoms with Crippen molar-refractivity contribution in [2.75, 3.05) is 38.8 Å². The molecule has 0 spiro atoms. The maximum Gasteiger partial charge on any atom is 0.0661 e. The van der Waals surface area contributed by atoms with Crippen molar-refractivity contribution in [1.82, 2.24) is 5.32 Å². The summed E-state index contributed by atoms with van der Waals surface area (Å²) >= 11 is 0. The van der Waals surface area contributed by atoms with Crippen molar-refractivity contribution in [3.63, 3.8) is 0 Å². The summed E-state index contributed by atoms with van der Waals surface area (Å²) in [5.74, 6) is 0. The highest BCUT2D eigenvalue weighted by atomic mass is 16.5. The van der Waals surface area contributed by atoms with Gasteiger partial charge in [-0.1, -0.05) is 19.1 Å². The molecular weight excluding hydrogens is 224 g/mol. The van der Waals surface area contributed by atoms with Crippen LogP contribution >= 0.6 is 0 Å². The van der Waals surface area contributed by atoms with Gasteiger partial charge in [0.25, 0.3) is 0 Å². The van der Waals surface area contributed by atoms with E-state index in [4.69, 9.17) is 4.74 Å². The summed E-state index contributed by atoms with van der Waals surface area (Å²) in [6, 6.07) is 8.91. The summed E-state index contributed by atoms with van der Waals surface area (Å²) in [5.41, 5.74) is 2.52. The molecule has 3 heteroatoms. The van der Waals surface area contributed by atoms with E-state index in [9.17, 15) is 0 Å². The van der Waals surface area contributed by atoms with Gasteiger partial charge in [0.15, 0.2) is 0 Å². The Morgan fingerprint density at radius 3 is 2.67 bits per heavy atom. The van der Waals surface area contributed by atoms with Crippen LogP contribution in [0.1, 0.15) is 31.9 Å². The van der Waals surface area contributed by atoms with Crippen LogP contribution in [0.25, 0.3) is 0 Å². The molecule has 102 valence electrons. The van der Waals surface area contributed by atoms with E-state index in [1.807, 2.05) is 6.92 Å². The summed E-state index contributed by atoms with van der Waals surface area (Å²) in [7, 11) is 4.13. The van der Waals surface area contributed by atoms with Gasteiger partial charge in [0.05, 0.1) is 12.6 Å². The molecule has 1 unspecified atom stereocenters. The predicted octanol–water partition coefficient (Wildman–Crippen LogP) is 2.83. The van der Waals surface area contributed by atoms with Crippen LogP contribution in [0.2, 0.25) is 0 Å². The van der Waals surface area contributed by atoms with E-state index in [2.05, 4.69) is 55.5 Å². The number of ether oxygens (including phenoxy) is 1. The van der Waals surface area contributed by atoms with Gasteiger partial charge >= 0.3 is 0 Å². The topological polar surface area (TPSA) is 24.5 Å². The molecule has 0 radical (unpaired) electrons. The van der Waals surface area contributed by atoms with Crippen molar-refractivity contribution < 1.29 is 4.74 Å². The van der Waals surface area contributed by atoms with Gasteiger partial charge in [-0.2, -0.15) is 0 Å². The molecule has 0 heterocycles. The molecule has 1 rings (SSSR count). The fourth-order valence-corrected chi connectivity index (χ4v) is 1.85. The average Bonchev–Trinajstić information content (AvgIpc) is 2.39. The van der Waals surface area contributed by atoms with Crippen LogP contribution < -0.4 is 10.2 Å². The number of hydrogen-bond acceptors (Lipinski definition) is 3. The van der Waals surface area contributed by atoms with Crippen molar-refractivity contribution in [3.05, 3.63) is 29.8 Å². The van der Waals surface area contributed by atoms with Crippen molar-refractivity contribution in [3.8, 4) is 0 Å². The Bertz CT molecular complexity index is 331. The molecule has 0 aliphatic rings. The molecular formula is C15H26N2O. The smallest absolute Gasteiger partial charge is 0.0661 e. The maximum absolute atomic E-state index is 5.57. The fraction of sp³-hybridized carbons (Fsp3) is 0.600. The molecule has 1 atom stereocenters. The molecule has 0 aliphatic heterocycles. The van der Waals surface area contributed by atoms with Crippen LogP contribution in [0.5, 0.6) is 0 Å². The Morgan fingerprint density at radius 1 is 1.28 bits per heavy atom. The average molecular weight is 250 g/mol. The Kier molecular flexibility index (Phi) is 6.76. The van der Waals surface area contributed by atoms with Crippen LogP contribution in [0.15, 0.2) is 24.3 Å². The Balaban J connectivity index is 2.78. The highest BCUT2D eigenvalue weighted by molar-refractivity contribution is 5.47. The fourth-order valence-electron chi connectivity index (χ4n) is 1.85. The third-order valence-electron chi connectivity index (χ3n) is 2.92. The first-order valence-electron chi connectivity index (χ1n) is 6.77. The van der Waals surface area contributed by atoms with Crippen LogP contribution in [0, 0.1) is 0 Å². The lowest BCUT2D eigenvalue weighted by Gasteiger charge is -2.21. The van der Waals surface area contributed by atoms with Crippen molar-refractivity contribution in [2.45, 2.75) is 26.3 Å². The van der Waals surface area contributed by atoms with Crippen LogP contribution in [0.3, 0.4) is 0 Å². The van der Waals surface area contributed by atoms with Gasteiger partial charge < -0.3 is 15.0 Å². The summed E-state index contributed by atoms with van der Waals surface area (Å²) in [6.07, 6.45) is 1.13. The van der Waals surface area contributed by atoms with Crippen LogP contribution in [-0.2, 0) is 4.74 Å². The number of benzene rings is 1. The highest BCUT2D eigenvalue weighted by Gasteiger charge is 2.11. The maximum atomic E-state index is 5.57. The zero-order chi connectivity index (χ0) is 13.4. The zero-order valence-electron chi connectivity index (χ0n) is 12.1. The van der Waals surface area contributed by atoms with Crippen molar-refractivity contribution in [2.24, 2.45) is 0 Å². The number of hydrogen-bond donors (Lipinski definition) is 1. The second-order valence-corrected chi connectivity index (χ2v) is 4.66.